The quantitative estimate of drug-likeness (QED) is 0.322. The molecule has 1 saturated heterocycles. The molecular formula is C27H23BrFN3O2. The number of carbonyl (C=O) groups is 1. The van der Waals surface area contributed by atoms with Crippen LogP contribution in [0.5, 0.6) is 5.75 Å². The summed E-state index contributed by atoms with van der Waals surface area (Å²) in [5.41, 5.74) is 2.45. The Bertz CT molecular complexity index is 1230. The predicted molar refractivity (Wildman–Crippen MR) is 134 cm³/mol. The molecule has 3 aromatic rings. The smallest absolute Gasteiger partial charge is 0.264 e. The van der Waals surface area contributed by atoms with Gasteiger partial charge in [0.15, 0.2) is 0 Å². The van der Waals surface area contributed by atoms with Crippen LogP contribution >= 0.6 is 15.9 Å². The summed E-state index contributed by atoms with van der Waals surface area (Å²) >= 11 is 3.44. The fraction of sp³-hybridized carbons (Fsp3) is 0.185. The zero-order chi connectivity index (χ0) is 23.9. The molecule has 1 amide bonds. The summed E-state index contributed by atoms with van der Waals surface area (Å²) in [7, 11) is 0. The Balaban J connectivity index is 1.48. The third-order valence-electron chi connectivity index (χ3n) is 5.59. The summed E-state index contributed by atoms with van der Waals surface area (Å²) in [4.78, 5) is 17.0. The second-order valence-electron chi connectivity index (χ2n) is 7.89. The Morgan fingerprint density at radius 3 is 2.50 bits per heavy atom. The lowest BCUT2D eigenvalue weighted by Gasteiger charge is -2.36. The molecule has 0 saturated carbocycles. The highest BCUT2D eigenvalue weighted by atomic mass is 79.9. The summed E-state index contributed by atoms with van der Waals surface area (Å²) in [6.07, 6.45) is 1.55. The second kappa shape index (κ2) is 11.0. The van der Waals surface area contributed by atoms with Gasteiger partial charge in [-0.1, -0.05) is 46.3 Å². The van der Waals surface area contributed by atoms with Gasteiger partial charge in [-0.3, -0.25) is 4.79 Å². The molecule has 0 spiro atoms. The van der Waals surface area contributed by atoms with E-state index in [0.717, 1.165) is 10.2 Å². The van der Waals surface area contributed by atoms with Crippen LogP contribution in [0.3, 0.4) is 0 Å². The fourth-order valence-electron chi connectivity index (χ4n) is 3.83. The average Bonchev–Trinajstić information content (AvgIpc) is 2.87. The van der Waals surface area contributed by atoms with E-state index in [-0.39, 0.29) is 23.9 Å². The number of amides is 1. The maximum atomic E-state index is 13.5. The highest BCUT2D eigenvalue weighted by Gasteiger charge is 2.24. The maximum absolute atomic E-state index is 13.5. The van der Waals surface area contributed by atoms with Crippen molar-refractivity contribution in [1.82, 2.24) is 4.90 Å². The number of anilines is 1. The number of rotatable bonds is 6. The van der Waals surface area contributed by atoms with E-state index in [0.29, 0.717) is 43.1 Å². The van der Waals surface area contributed by atoms with Gasteiger partial charge < -0.3 is 14.5 Å². The molecule has 0 unspecified atom stereocenters. The molecule has 172 valence electrons. The molecule has 34 heavy (non-hydrogen) atoms. The van der Waals surface area contributed by atoms with Gasteiger partial charge in [0, 0.05) is 41.9 Å². The first-order chi connectivity index (χ1) is 16.5. The SMILES string of the molecule is N#C/C(=C/c1cc(Br)ccc1OCc1cccc(F)c1)C(=O)N1CCN(c2ccccc2)CC1. The van der Waals surface area contributed by atoms with Gasteiger partial charge in [0.1, 0.15) is 29.8 Å². The van der Waals surface area contributed by atoms with E-state index in [9.17, 15) is 14.4 Å². The van der Waals surface area contributed by atoms with Crippen molar-refractivity contribution >= 4 is 33.6 Å². The summed E-state index contributed by atoms with van der Waals surface area (Å²) in [5, 5.41) is 9.75. The molecule has 5 nitrogen and oxygen atoms in total. The molecule has 7 heteroatoms. The Hall–Kier alpha value is -3.63. The Morgan fingerprint density at radius 1 is 1.03 bits per heavy atom. The lowest BCUT2D eigenvalue weighted by Crippen LogP contribution is -2.49. The molecule has 0 aromatic heterocycles. The second-order valence-corrected chi connectivity index (χ2v) is 8.80. The van der Waals surface area contributed by atoms with Crippen LogP contribution in [0.1, 0.15) is 11.1 Å². The van der Waals surface area contributed by atoms with E-state index in [4.69, 9.17) is 4.74 Å². The average molecular weight is 520 g/mol. The van der Waals surface area contributed by atoms with Gasteiger partial charge in [-0.05, 0) is 54.1 Å². The van der Waals surface area contributed by atoms with Crippen LogP contribution in [0.25, 0.3) is 6.08 Å². The zero-order valence-corrected chi connectivity index (χ0v) is 20.0. The number of halogens is 2. The third-order valence-corrected chi connectivity index (χ3v) is 6.09. The molecule has 3 aromatic carbocycles. The minimum absolute atomic E-state index is 0.0434. The lowest BCUT2D eigenvalue weighted by atomic mass is 10.1. The van der Waals surface area contributed by atoms with Crippen molar-refractivity contribution in [2.45, 2.75) is 6.61 Å². The van der Waals surface area contributed by atoms with E-state index >= 15 is 0 Å². The summed E-state index contributed by atoms with van der Waals surface area (Å²) in [6.45, 7) is 2.64. The van der Waals surface area contributed by atoms with Crippen LogP contribution in [0.2, 0.25) is 0 Å². The Labute approximate surface area is 206 Å². The van der Waals surface area contributed by atoms with Crippen molar-refractivity contribution in [1.29, 1.82) is 5.26 Å². The Morgan fingerprint density at radius 2 is 1.79 bits per heavy atom. The highest BCUT2D eigenvalue weighted by Crippen LogP contribution is 2.27. The van der Waals surface area contributed by atoms with Crippen LogP contribution in [0.4, 0.5) is 10.1 Å². The van der Waals surface area contributed by atoms with Crippen LogP contribution in [0, 0.1) is 17.1 Å². The van der Waals surface area contributed by atoms with Crippen molar-refractivity contribution in [3.8, 4) is 11.8 Å². The van der Waals surface area contributed by atoms with E-state index in [1.807, 2.05) is 24.3 Å². The molecule has 4 rings (SSSR count). The molecule has 1 heterocycles. The number of hydrogen-bond donors (Lipinski definition) is 0. The fourth-order valence-corrected chi connectivity index (χ4v) is 4.20. The standard InChI is InChI=1S/C27H23BrFN3O2/c28-23-9-10-26(34-19-20-5-4-6-24(29)15-20)21(17-23)16-22(18-30)27(33)32-13-11-31(12-14-32)25-7-2-1-3-8-25/h1-10,15-17H,11-14,19H2/b22-16-. The molecule has 1 fully saturated rings. The number of hydrogen-bond acceptors (Lipinski definition) is 4. The van der Waals surface area contributed by atoms with Crippen molar-refractivity contribution in [3.63, 3.8) is 0 Å². The molecule has 0 bridgehead atoms. The normalized spacial score (nSPS) is 14.0. The van der Waals surface area contributed by atoms with Gasteiger partial charge in [-0.15, -0.1) is 0 Å². The third kappa shape index (κ3) is 5.83. The van der Waals surface area contributed by atoms with E-state index in [1.165, 1.54) is 12.1 Å². The Kier molecular flexibility index (Phi) is 7.61. The van der Waals surface area contributed by atoms with Crippen molar-refractivity contribution in [2.24, 2.45) is 0 Å². The minimum Gasteiger partial charge on any atom is -0.488 e. The van der Waals surface area contributed by atoms with Gasteiger partial charge in [-0.25, -0.2) is 4.39 Å². The highest BCUT2D eigenvalue weighted by molar-refractivity contribution is 9.10. The van der Waals surface area contributed by atoms with Gasteiger partial charge in [0.05, 0.1) is 0 Å². The van der Waals surface area contributed by atoms with Crippen LogP contribution in [0.15, 0.2) is 82.8 Å². The van der Waals surface area contributed by atoms with Crippen molar-refractivity contribution < 1.29 is 13.9 Å². The maximum Gasteiger partial charge on any atom is 0.264 e. The predicted octanol–water partition coefficient (Wildman–Crippen LogP) is 5.42. The van der Waals surface area contributed by atoms with Crippen molar-refractivity contribution in [2.75, 3.05) is 31.1 Å². The molecular weight excluding hydrogens is 497 g/mol. The number of para-hydroxylation sites is 1. The van der Waals surface area contributed by atoms with Crippen molar-refractivity contribution in [3.05, 3.63) is 99.8 Å². The zero-order valence-electron chi connectivity index (χ0n) is 18.5. The number of nitriles is 1. The molecule has 1 aliphatic heterocycles. The van der Waals surface area contributed by atoms with E-state index in [1.54, 1.807) is 35.2 Å². The number of nitrogens with zero attached hydrogens (tertiary/aromatic N) is 3. The number of benzene rings is 3. The molecule has 0 N–H and O–H groups in total. The molecule has 0 aliphatic carbocycles. The van der Waals surface area contributed by atoms with Crippen LogP contribution in [-0.4, -0.2) is 37.0 Å². The first kappa shape index (κ1) is 23.5. The number of ether oxygens (including phenoxy) is 1. The lowest BCUT2D eigenvalue weighted by molar-refractivity contribution is -0.126. The number of piperazine rings is 1. The van der Waals surface area contributed by atoms with Gasteiger partial charge in [0.2, 0.25) is 0 Å². The van der Waals surface area contributed by atoms with Crippen LogP contribution in [-0.2, 0) is 11.4 Å². The summed E-state index contributed by atoms with van der Waals surface area (Å²) in [5.74, 6) is -0.130. The summed E-state index contributed by atoms with van der Waals surface area (Å²) < 4.78 is 20.2. The van der Waals surface area contributed by atoms with Crippen LogP contribution < -0.4 is 9.64 Å². The summed E-state index contributed by atoms with van der Waals surface area (Å²) in [6, 6.07) is 23.7. The first-order valence-electron chi connectivity index (χ1n) is 10.9. The van der Waals surface area contributed by atoms with Gasteiger partial charge in [0.25, 0.3) is 5.91 Å². The van der Waals surface area contributed by atoms with Gasteiger partial charge >= 0.3 is 0 Å². The molecule has 0 radical (unpaired) electrons. The first-order valence-corrected chi connectivity index (χ1v) is 11.7. The molecule has 0 atom stereocenters. The topological polar surface area (TPSA) is 56.6 Å². The molecule has 1 aliphatic rings. The minimum atomic E-state index is -0.332. The van der Waals surface area contributed by atoms with E-state index in [2.05, 4.69) is 39.0 Å². The monoisotopic (exact) mass is 519 g/mol. The van der Waals surface area contributed by atoms with Gasteiger partial charge in [-0.2, -0.15) is 5.26 Å². The largest absolute Gasteiger partial charge is 0.488 e. The van der Waals surface area contributed by atoms with E-state index < -0.39 is 0 Å². The number of carbonyl (C=O) groups excluding carboxylic acids is 1.